The van der Waals surface area contributed by atoms with E-state index in [-0.39, 0.29) is 25.2 Å². The lowest BCUT2D eigenvalue weighted by Gasteiger charge is -2.15. The first-order valence-corrected chi connectivity index (χ1v) is 14.0. The molecule has 2 atom stereocenters. The predicted molar refractivity (Wildman–Crippen MR) is 136 cm³/mol. The van der Waals surface area contributed by atoms with Gasteiger partial charge in [0.2, 0.25) is 0 Å². The third-order valence-electron chi connectivity index (χ3n) is 6.44. The van der Waals surface area contributed by atoms with Crippen LogP contribution >= 0.6 is 0 Å². The van der Waals surface area contributed by atoms with Crippen LogP contribution in [0.15, 0.2) is 0 Å². The molecule has 33 heavy (non-hydrogen) atoms. The highest BCUT2D eigenvalue weighted by Gasteiger charge is 2.16. The van der Waals surface area contributed by atoms with E-state index < -0.39 is 6.10 Å². The summed E-state index contributed by atoms with van der Waals surface area (Å²) in [5.41, 5.74) is 0. The Morgan fingerprint density at radius 3 is 1.70 bits per heavy atom. The zero-order valence-corrected chi connectivity index (χ0v) is 22.1. The largest absolute Gasteiger partial charge is 0.462 e. The smallest absolute Gasteiger partial charge is 0.306 e. The van der Waals surface area contributed by atoms with Gasteiger partial charge in [-0.1, -0.05) is 117 Å². The van der Waals surface area contributed by atoms with E-state index >= 15 is 0 Å². The maximum absolute atomic E-state index is 11.9. The lowest BCUT2D eigenvalue weighted by molar-refractivity contribution is -0.161. The van der Waals surface area contributed by atoms with Gasteiger partial charge in [-0.2, -0.15) is 0 Å². The molecule has 0 bridgehead atoms. The van der Waals surface area contributed by atoms with Crippen molar-refractivity contribution in [2.75, 3.05) is 13.2 Å². The molecule has 5 heteroatoms. The van der Waals surface area contributed by atoms with Crippen molar-refractivity contribution in [2.45, 2.75) is 149 Å². The van der Waals surface area contributed by atoms with Gasteiger partial charge in [-0.05, 0) is 18.8 Å². The van der Waals surface area contributed by atoms with E-state index in [0.717, 1.165) is 44.4 Å². The molecule has 0 saturated carbocycles. The highest BCUT2D eigenvalue weighted by molar-refractivity contribution is 5.70. The van der Waals surface area contributed by atoms with Crippen LogP contribution in [-0.2, 0) is 19.1 Å². The first-order valence-electron chi connectivity index (χ1n) is 14.0. The molecular formula is C28H54O5. The van der Waals surface area contributed by atoms with E-state index in [9.17, 15) is 14.7 Å². The van der Waals surface area contributed by atoms with Crippen molar-refractivity contribution >= 4 is 11.9 Å². The number of rotatable bonds is 24. The average molecular weight is 471 g/mol. The van der Waals surface area contributed by atoms with Crippen LogP contribution in [0.3, 0.4) is 0 Å². The topological polar surface area (TPSA) is 72.8 Å². The summed E-state index contributed by atoms with van der Waals surface area (Å²) < 4.78 is 10.4. The molecule has 0 heterocycles. The highest BCUT2D eigenvalue weighted by Crippen LogP contribution is 2.15. The Balaban J connectivity index is 3.55. The number of esters is 2. The molecule has 0 spiro atoms. The molecule has 0 aromatic heterocycles. The molecule has 0 radical (unpaired) electrons. The molecule has 196 valence electrons. The first kappa shape index (κ1) is 31.9. The quantitative estimate of drug-likeness (QED) is 0.117. The molecule has 0 aliphatic heterocycles. The summed E-state index contributed by atoms with van der Waals surface area (Å²) in [4.78, 5) is 23.7. The Kier molecular flexibility index (Phi) is 23.2. The number of carbonyl (C=O) groups excluding carboxylic acids is 2. The van der Waals surface area contributed by atoms with E-state index in [1.165, 1.54) is 70.6 Å². The molecule has 0 aliphatic carbocycles. The Morgan fingerprint density at radius 1 is 0.697 bits per heavy atom. The van der Waals surface area contributed by atoms with Gasteiger partial charge in [0.1, 0.15) is 6.61 Å². The van der Waals surface area contributed by atoms with Gasteiger partial charge in [-0.3, -0.25) is 9.59 Å². The maximum Gasteiger partial charge on any atom is 0.306 e. The number of aliphatic hydroxyl groups excluding tert-OH is 1. The minimum atomic E-state index is -0.757. The van der Waals surface area contributed by atoms with Crippen LogP contribution in [-0.4, -0.2) is 36.4 Å². The fraction of sp³-hybridized carbons (Fsp3) is 0.929. The number of carbonyl (C=O) groups is 2. The highest BCUT2D eigenvalue weighted by atomic mass is 16.6. The Labute approximate surface area is 204 Å². The van der Waals surface area contributed by atoms with Gasteiger partial charge < -0.3 is 14.6 Å². The summed E-state index contributed by atoms with van der Waals surface area (Å²) in [6, 6.07) is 0. The van der Waals surface area contributed by atoms with Crippen molar-refractivity contribution in [2.24, 2.45) is 5.92 Å². The summed E-state index contributed by atoms with van der Waals surface area (Å²) >= 11 is 0. The summed E-state index contributed by atoms with van der Waals surface area (Å²) in [5, 5.41) is 9.37. The van der Waals surface area contributed by atoms with Crippen molar-refractivity contribution in [3.63, 3.8) is 0 Å². The molecule has 0 aromatic rings. The van der Waals surface area contributed by atoms with Gasteiger partial charge >= 0.3 is 11.9 Å². The number of ether oxygens (including phenoxy) is 2. The van der Waals surface area contributed by atoms with Crippen LogP contribution in [0.1, 0.15) is 143 Å². The van der Waals surface area contributed by atoms with Crippen LogP contribution in [0.4, 0.5) is 0 Å². The Morgan fingerprint density at radius 2 is 1.18 bits per heavy atom. The number of hydrogen-bond acceptors (Lipinski definition) is 5. The second-order valence-electron chi connectivity index (χ2n) is 9.73. The summed E-state index contributed by atoms with van der Waals surface area (Å²) in [6.07, 6.45) is 20.3. The lowest BCUT2D eigenvalue weighted by atomic mass is 9.99. The van der Waals surface area contributed by atoms with Gasteiger partial charge in [0.05, 0.1) is 6.61 Å². The summed E-state index contributed by atoms with van der Waals surface area (Å²) in [7, 11) is 0. The third-order valence-corrected chi connectivity index (χ3v) is 6.44. The van der Waals surface area contributed by atoms with Crippen LogP contribution < -0.4 is 0 Å². The van der Waals surface area contributed by atoms with E-state index in [4.69, 9.17) is 9.47 Å². The molecule has 0 aliphatic rings. The number of hydrogen-bond donors (Lipinski definition) is 1. The second-order valence-corrected chi connectivity index (χ2v) is 9.73. The van der Waals surface area contributed by atoms with Crippen LogP contribution in [0.5, 0.6) is 0 Å². The molecule has 0 aromatic carbocycles. The minimum Gasteiger partial charge on any atom is -0.462 e. The maximum atomic E-state index is 11.9. The Hall–Kier alpha value is -1.10. The zero-order chi connectivity index (χ0) is 24.6. The normalized spacial score (nSPS) is 13.0. The van der Waals surface area contributed by atoms with E-state index in [0.29, 0.717) is 12.8 Å². The van der Waals surface area contributed by atoms with Crippen LogP contribution in [0.2, 0.25) is 0 Å². The standard InChI is InChI=1S/C28H54O5/c1-4-6-7-14-19-22-28(31)33-26(23-29)24-32-27(30)21-18-16-13-11-9-8-10-12-15-17-20-25(3)5-2/h25-26,29H,4-24H2,1-3H3/t25?,26-/m0/s1. The minimum absolute atomic E-state index is 0.0612. The lowest BCUT2D eigenvalue weighted by Crippen LogP contribution is -2.28. The van der Waals surface area contributed by atoms with Crippen molar-refractivity contribution in [1.29, 1.82) is 0 Å². The molecular weight excluding hydrogens is 416 g/mol. The van der Waals surface area contributed by atoms with Crippen LogP contribution in [0.25, 0.3) is 0 Å². The van der Waals surface area contributed by atoms with Gasteiger partial charge in [-0.25, -0.2) is 0 Å². The average Bonchev–Trinajstić information content (AvgIpc) is 2.81. The van der Waals surface area contributed by atoms with Crippen LogP contribution in [0, 0.1) is 5.92 Å². The first-order chi connectivity index (χ1) is 16.0. The molecule has 0 saturated heterocycles. The van der Waals surface area contributed by atoms with Gasteiger partial charge in [0.15, 0.2) is 6.10 Å². The van der Waals surface area contributed by atoms with Gasteiger partial charge in [0, 0.05) is 12.8 Å². The Bertz CT molecular complexity index is 452. The van der Waals surface area contributed by atoms with Crippen molar-refractivity contribution < 1.29 is 24.2 Å². The fourth-order valence-electron chi connectivity index (χ4n) is 3.88. The number of unbranched alkanes of at least 4 members (excludes halogenated alkanes) is 13. The summed E-state index contributed by atoms with van der Waals surface area (Å²) in [6.45, 7) is 6.39. The summed E-state index contributed by atoms with van der Waals surface area (Å²) in [5.74, 6) is 0.278. The molecule has 1 unspecified atom stereocenters. The molecule has 0 rings (SSSR count). The van der Waals surface area contributed by atoms with Crippen molar-refractivity contribution in [1.82, 2.24) is 0 Å². The van der Waals surface area contributed by atoms with Gasteiger partial charge in [-0.15, -0.1) is 0 Å². The number of aliphatic hydroxyl groups is 1. The van der Waals surface area contributed by atoms with Gasteiger partial charge in [0.25, 0.3) is 0 Å². The monoisotopic (exact) mass is 470 g/mol. The van der Waals surface area contributed by atoms with Crippen molar-refractivity contribution in [3.8, 4) is 0 Å². The van der Waals surface area contributed by atoms with E-state index in [2.05, 4.69) is 20.8 Å². The molecule has 5 nitrogen and oxygen atoms in total. The SMILES string of the molecule is CCCCCCCC(=O)O[C@@H](CO)COC(=O)CCCCCCCCCCCCC(C)CC. The third kappa shape index (κ3) is 22.5. The predicted octanol–water partition coefficient (Wildman–Crippen LogP) is 7.52. The van der Waals surface area contributed by atoms with Crippen molar-refractivity contribution in [3.05, 3.63) is 0 Å². The zero-order valence-electron chi connectivity index (χ0n) is 22.1. The fourth-order valence-corrected chi connectivity index (χ4v) is 3.88. The second kappa shape index (κ2) is 24.0. The van der Waals surface area contributed by atoms with E-state index in [1.54, 1.807) is 0 Å². The molecule has 0 amide bonds. The molecule has 0 fully saturated rings. The molecule has 1 N–H and O–H groups in total. The van der Waals surface area contributed by atoms with E-state index in [1.807, 2.05) is 0 Å².